The first-order chi connectivity index (χ1) is 8.36. The van der Waals surface area contributed by atoms with Crippen LogP contribution in [-0.4, -0.2) is 19.8 Å². The molecular formula is C11H14BrF2NO2S. The van der Waals surface area contributed by atoms with Gasteiger partial charge in [-0.15, -0.1) is 0 Å². The van der Waals surface area contributed by atoms with E-state index in [9.17, 15) is 17.2 Å². The first-order valence-corrected chi connectivity index (χ1v) is 7.85. The molecule has 0 saturated heterocycles. The van der Waals surface area contributed by atoms with Crippen LogP contribution in [0.3, 0.4) is 0 Å². The highest BCUT2D eigenvalue weighted by atomic mass is 79.9. The van der Waals surface area contributed by atoms with E-state index in [0.717, 1.165) is 25.0 Å². The smallest absolute Gasteiger partial charge is 0.210 e. The van der Waals surface area contributed by atoms with E-state index in [2.05, 4.69) is 20.7 Å². The normalized spacial score (nSPS) is 13.6. The van der Waals surface area contributed by atoms with E-state index < -0.39 is 26.6 Å². The minimum absolute atomic E-state index is 0.0132. The average Bonchev–Trinajstić information content (AvgIpc) is 2.26. The zero-order chi connectivity index (χ0) is 13.8. The van der Waals surface area contributed by atoms with Crippen LogP contribution in [0.5, 0.6) is 0 Å². The van der Waals surface area contributed by atoms with Crippen molar-refractivity contribution < 1.29 is 17.2 Å². The van der Waals surface area contributed by atoms with Crippen molar-refractivity contribution in [1.29, 1.82) is 0 Å². The number of sulfonamides is 1. The molecule has 1 N–H and O–H groups in total. The van der Waals surface area contributed by atoms with Crippen LogP contribution in [-0.2, 0) is 10.0 Å². The van der Waals surface area contributed by atoms with Crippen molar-refractivity contribution in [2.45, 2.75) is 29.5 Å². The fourth-order valence-electron chi connectivity index (χ4n) is 1.39. The Hall–Kier alpha value is -0.530. The number of hydrogen-bond acceptors (Lipinski definition) is 2. The highest BCUT2D eigenvalue weighted by Gasteiger charge is 2.20. The summed E-state index contributed by atoms with van der Waals surface area (Å²) in [6, 6.07) is 2.37. The molecule has 0 aliphatic carbocycles. The van der Waals surface area contributed by atoms with Crippen molar-refractivity contribution >= 4 is 26.0 Å². The summed E-state index contributed by atoms with van der Waals surface area (Å²) in [5.41, 5.74) is 0. The number of nitrogens with one attached hydrogen (secondary N) is 1. The molecule has 0 aliphatic rings. The van der Waals surface area contributed by atoms with Crippen molar-refractivity contribution in [1.82, 2.24) is 4.72 Å². The molecule has 0 bridgehead atoms. The molecule has 3 nitrogen and oxygen atoms in total. The highest BCUT2D eigenvalue weighted by molar-refractivity contribution is 9.09. The van der Waals surface area contributed by atoms with Crippen LogP contribution >= 0.6 is 15.9 Å². The van der Waals surface area contributed by atoms with Crippen molar-refractivity contribution in [3.63, 3.8) is 0 Å². The number of benzene rings is 1. The maximum Gasteiger partial charge on any atom is 0.243 e. The Labute approximate surface area is 114 Å². The maximum absolute atomic E-state index is 13.3. The fraction of sp³-hybridized carbons (Fsp3) is 0.455. The minimum atomic E-state index is -3.94. The molecule has 1 atom stereocenters. The van der Waals surface area contributed by atoms with Crippen LogP contribution in [0, 0.1) is 11.6 Å². The van der Waals surface area contributed by atoms with Crippen LogP contribution in [0.1, 0.15) is 19.8 Å². The van der Waals surface area contributed by atoms with Gasteiger partial charge in [0.05, 0.1) is 0 Å². The van der Waals surface area contributed by atoms with Crippen molar-refractivity contribution in [3.8, 4) is 0 Å². The molecule has 18 heavy (non-hydrogen) atoms. The van der Waals surface area contributed by atoms with Crippen LogP contribution < -0.4 is 4.72 Å². The summed E-state index contributed by atoms with van der Waals surface area (Å²) in [6.45, 7) is 2.13. The summed E-state index contributed by atoms with van der Waals surface area (Å²) >= 11 is 3.31. The van der Waals surface area contributed by atoms with Gasteiger partial charge in [-0.25, -0.2) is 21.9 Å². The summed E-state index contributed by atoms with van der Waals surface area (Å²) in [7, 11) is -3.94. The van der Waals surface area contributed by atoms with Gasteiger partial charge in [0.15, 0.2) is 0 Å². The predicted molar refractivity (Wildman–Crippen MR) is 69.2 cm³/mol. The van der Waals surface area contributed by atoms with Gasteiger partial charge >= 0.3 is 0 Å². The SMILES string of the molecule is CCCC(Br)CNS(=O)(=O)c1ccc(F)cc1F. The van der Waals surface area contributed by atoms with Gasteiger partial charge in [0, 0.05) is 17.4 Å². The van der Waals surface area contributed by atoms with Crippen molar-refractivity contribution in [2.24, 2.45) is 0 Å². The largest absolute Gasteiger partial charge is 0.243 e. The predicted octanol–water partition coefficient (Wildman–Crippen LogP) is 2.81. The van der Waals surface area contributed by atoms with Gasteiger partial charge in [0.2, 0.25) is 10.0 Å². The second kappa shape index (κ2) is 6.58. The van der Waals surface area contributed by atoms with Gasteiger partial charge < -0.3 is 0 Å². The molecule has 0 fully saturated rings. The lowest BCUT2D eigenvalue weighted by Crippen LogP contribution is -2.30. The highest BCUT2D eigenvalue weighted by Crippen LogP contribution is 2.16. The average molecular weight is 342 g/mol. The van der Waals surface area contributed by atoms with Crippen LogP contribution in [0.15, 0.2) is 23.1 Å². The van der Waals surface area contributed by atoms with E-state index in [4.69, 9.17) is 0 Å². The van der Waals surface area contributed by atoms with Crippen LogP contribution in [0.2, 0.25) is 0 Å². The number of hydrogen-bond donors (Lipinski definition) is 1. The summed E-state index contributed by atoms with van der Waals surface area (Å²) in [5, 5.41) is 0. The molecule has 0 amide bonds. The molecule has 1 rings (SSSR count). The van der Waals surface area contributed by atoms with Gasteiger partial charge in [-0.05, 0) is 18.6 Å². The summed E-state index contributed by atoms with van der Waals surface area (Å²) in [5.74, 6) is -1.90. The molecule has 7 heteroatoms. The third kappa shape index (κ3) is 4.29. The second-order valence-corrected chi connectivity index (χ2v) is 6.84. The van der Waals surface area contributed by atoms with E-state index in [1.165, 1.54) is 0 Å². The van der Waals surface area contributed by atoms with E-state index >= 15 is 0 Å². The lowest BCUT2D eigenvalue weighted by atomic mass is 10.2. The molecule has 0 radical (unpaired) electrons. The molecule has 1 aromatic carbocycles. The maximum atomic E-state index is 13.3. The van der Waals surface area contributed by atoms with Gasteiger partial charge in [-0.3, -0.25) is 0 Å². The molecule has 0 aromatic heterocycles. The third-order valence-electron chi connectivity index (χ3n) is 2.28. The monoisotopic (exact) mass is 341 g/mol. The Morgan fingerprint density at radius 1 is 1.39 bits per heavy atom. The van der Waals surface area contributed by atoms with Gasteiger partial charge in [0.1, 0.15) is 16.5 Å². The summed E-state index contributed by atoms with van der Waals surface area (Å²) in [6.07, 6.45) is 1.71. The Bertz CT molecular complexity index is 508. The molecule has 0 saturated carbocycles. The molecule has 0 heterocycles. The van der Waals surface area contributed by atoms with Crippen LogP contribution in [0.25, 0.3) is 0 Å². The Kier molecular flexibility index (Phi) is 5.68. The van der Waals surface area contributed by atoms with Gasteiger partial charge in [-0.1, -0.05) is 29.3 Å². The fourth-order valence-corrected chi connectivity index (χ4v) is 3.36. The summed E-state index contributed by atoms with van der Waals surface area (Å²) in [4.78, 5) is -0.555. The van der Waals surface area contributed by atoms with Crippen molar-refractivity contribution in [2.75, 3.05) is 6.54 Å². The molecule has 0 spiro atoms. The standard InChI is InChI=1S/C11H14BrF2NO2S/c1-2-3-8(12)7-15-18(16,17)11-5-4-9(13)6-10(11)14/h4-6,8,15H,2-3,7H2,1H3. The van der Waals surface area contributed by atoms with E-state index in [1.807, 2.05) is 6.92 Å². The number of rotatable bonds is 6. The van der Waals surface area contributed by atoms with E-state index in [1.54, 1.807) is 0 Å². The first-order valence-electron chi connectivity index (χ1n) is 5.45. The number of alkyl halides is 1. The quantitative estimate of drug-likeness (QED) is 0.808. The second-order valence-electron chi connectivity index (χ2n) is 3.81. The lowest BCUT2D eigenvalue weighted by molar-refractivity contribution is 0.542. The molecule has 1 aromatic rings. The Balaban J connectivity index is 2.80. The molecule has 102 valence electrons. The molecular weight excluding hydrogens is 328 g/mol. The minimum Gasteiger partial charge on any atom is -0.210 e. The van der Waals surface area contributed by atoms with Crippen molar-refractivity contribution in [3.05, 3.63) is 29.8 Å². The van der Waals surface area contributed by atoms with Gasteiger partial charge in [0.25, 0.3) is 0 Å². The zero-order valence-electron chi connectivity index (χ0n) is 9.79. The van der Waals surface area contributed by atoms with E-state index in [0.29, 0.717) is 6.07 Å². The Morgan fingerprint density at radius 2 is 2.06 bits per heavy atom. The first kappa shape index (κ1) is 15.5. The zero-order valence-corrected chi connectivity index (χ0v) is 12.2. The van der Waals surface area contributed by atoms with Gasteiger partial charge in [-0.2, -0.15) is 0 Å². The number of halogens is 3. The molecule has 0 aliphatic heterocycles. The topological polar surface area (TPSA) is 46.2 Å². The van der Waals surface area contributed by atoms with E-state index in [-0.39, 0.29) is 11.4 Å². The summed E-state index contributed by atoms with van der Waals surface area (Å²) < 4.78 is 51.9. The molecule has 1 unspecified atom stereocenters. The van der Waals surface area contributed by atoms with Crippen LogP contribution in [0.4, 0.5) is 8.78 Å². The Morgan fingerprint density at radius 3 is 2.61 bits per heavy atom. The lowest BCUT2D eigenvalue weighted by Gasteiger charge is -2.11. The third-order valence-corrected chi connectivity index (χ3v) is 4.52.